The van der Waals surface area contributed by atoms with Gasteiger partial charge in [-0.3, -0.25) is 19.3 Å². The van der Waals surface area contributed by atoms with Crippen molar-refractivity contribution in [1.82, 2.24) is 14.7 Å². The summed E-state index contributed by atoms with van der Waals surface area (Å²) in [6, 6.07) is 16.6. The van der Waals surface area contributed by atoms with Crippen molar-refractivity contribution in [1.29, 1.82) is 0 Å². The maximum absolute atomic E-state index is 12.4. The maximum Gasteiger partial charge on any atom is 0.306 e. The van der Waals surface area contributed by atoms with E-state index in [2.05, 4.69) is 5.10 Å². The molecule has 0 N–H and O–H groups in total. The van der Waals surface area contributed by atoms with Crippen molar-refractivity contribution >= 4 is 17.8 Å². The number of carbonyl (C=O) groups is 3. The van der Waals surface area contributed by atoms with E-state index < -0.39 is 5.97 Å². The van der Waals surface area contributed by atoms with E-state index in [1.54, 1.807) is 22.9 Å². The first-order valence-electron chi connectivity index (χ1n) is 9.75. The summed E-state index contributed by atoms with van der Waals surface area (Å²) in [5.41, 5.74) is 3.34. The quantitative estimate of drug-likeness (QED) is 0.447. The Balaban J connectivity index is 1.25. The highest BCUT2D eigenvalue weighted by Crippen LogP contribution is 2.24. The monoisotopic (exact) mass is 403 g/mol. The van der Waals surface area contributed by atoms with Crippen LogP contribution in [0.5, 0.6) is 0 Å². The first-order valence-corrected chi connectivity index (χ1v) is 9.75. The first-order chi connectivity index (χ1) is 14.5. The number of aromatic nitrogens is 2. The van der Waals surface area contributed by atoms with Gasteiger partial charge in [-0.2, -0.15) is 5.10 Å². The van der Waals surface area contributed by atoms with Gasteiger partial charge in [-0.1, -0.05) is 29.8 Å². The van der Waals surface area contributed by atoms with Crippen LogP contribution in [0.3, 0.4) is 0 Å². The van der Waals surface area contributed by atoms with Gasteiger partial charge in [0.2, 0.25) is 0 Å². The van der Waals surface area contributed by atoms with Crippen LogP contribution in [-0.4, -0.2) is 39.0 Å². The third kappa shape index (κ3) is 4.00. The molecule has 1 aliphatic rings. The summed E-state index contributed by atoms with van der Waals surface area (Å²) >= 11 is 0. The van der Waals surface area contributed by atoms with Crippen LogP contribution >= 0.6 is 0 Å². The lowest BCUT2D eigenvalue weighted by Gasteiger charge is -2.13. The van der Waals surface area contributed by atoms with Crippen molar-refractivity contribution in [2.24, 2.45) is 0 Å². The lowest BCUT2D eigenvalue weighted by Crippen LogP contribution is -2.31. The Bertz CT molecular complexity index is 1100. The maximum atomic E-state index is 12.4. The zero-order valence-electron chi connectivity index (χ0n) is 16.6. The highest BCUT2D eigenvalue weighted by atomic mass is 16.5. The van der Waals surface area contributed by atoms with E-state index in [-0.39, 0.29) is 31.4 Å². The fraction of sp³-hybridized carbons (Fsp3) is 0.217. The molecule has 0 saturated heterocycles. The number of imide groups is 1. The summed E-state index contributed by atoms with van der Waals surface area (Å²) in [5.74, 6) is -1.01. The van der Waals surface area contributed by atoms with Gasteiger partial charge in [-0.15, -0.1) is 0 Å². The van der Waals surface area contributed by atoms with Gasteiger partial charge in [-0.05, 0) is 43.7 Å². The number of fused-ring (bicyclic) bond motifs is 1. The molecule has 0 unspecified atom stereocenters. The number of hydrogen-bond donors (Lipinski definition) is 0. The number of nitrogens with zero attached hydrogens (tertiary/aromatic N) is 3. The molecule has 2 amide bonds. The summed E-state index contributed by atoms with van der Waals surface area (Å²) in [6.45, 7) is 2.13. The van der Waals surface area contributed by atoms with Gasteiger partial charge in [0, 0.05) is 19.2 Å². The van der Waals surface area contributed by atoms with Gasteiger partial charge in [0.1, 0.15) is 12.3 Å². The average Bonchev–Trinajstić information content (AvgIpc) is 3.32. The second kappa shape index (κ2) is 8.32. The minimum absolute atomic E-state index is 0.0744. The molecule has 2 aromatic carbocycles. The molecular weight excluding hydrogens is 382 g/mol. The molecule has 152 valence electrons. The number of rotatable bonds is 7. The van der Waals surface area contributed by atoms with Crippen LogP contribution < -0.4 is 0 Å². The van der Waals surface area contributed by atoms with Gasteiger partial charge in [0.15, 0.2) is 0 Å². The van der Waals surface area contributed by atoms with Crippen molar-refractivity contribution in [3.8, 4) is 5.69 Å². The molecule has 3 aromatic rings. The van der Waals surface area contributed by atoms with Crippen molar-refractivity contribution < 1.29 is 19.1 Å². The minimum Gasteiger partial charge on any atom is -0.459 e. The number of para-hydroxylation sites is 1. The minimum atomic E-state index is -0.392. The van der Waals surface area contributed by atoms with E-state index in [0.29, 0.717) is 23.2 Å². The molecule has 0 bridgehead atoms. The van der Waals surface area contributed by atoms with Gasteiger partial charge >= 0.3 is 5.97 Å². The van der Waals surface area contributed by atoms with Gasteiger partial charge in [0.25, 0.3) is 11.8 Å². The summed E-state index contributed by atoms with van der Waals surface area (Å²) in [7, 11) is 0. The molecule has 2 heterocycles. The van der Waals surface area contributed by atoms with Crippen molar-refractivity contribution in [2.45, 2.75) is 26.4 Å². The lowest BCUT2D eigenvalue weighted by atomic mass is 10.1. The van der Waals surface area contributed by atoms with Crippen LogP contribution in [0.25, 0.3) is 5.69 Å². The Hall–Kier alpha value is -3.74. The molecule has 4 rings (SSSR count). The van der Waals surface area contributed by atoms with Crippen LogP contribution in [0.1, 0.15) is 44.8 Å². The van der Waals surface area contributed by atoms with E-state index in [0.717, 1.165) is 11.3 Å². The summed E-state index contributed by atoms with van der Waals surface area (Å²) in [4.78, 5) is 38.1. The Morgan fingerprint density at radius 3 is 2.57 bits per heavy atom. The van der Waals surface area contributed by atoms with Crippen molar-refractivity contribution in [2.75, 3.05) is 6.54 Å². The molecule has 0 aliphatic carbocycles. The van der Waals surface area contributed by atoms with Crippen LogP contribution in [0.15, 0.2) is 60.8 Å². The molecule has 0 spiro atoms. The van der Waals surface area contributed by atoms with E-state index in [1.807, 2.05) is 49.5 Å². The van der Waals surface area contributed by atoms with Gasteiger partial charge in [0.05, 0.1) is 16.8 Å². The number of amides is 2. The summed E-state index contributed by atoms with van der Waals surface area (Å²) in [5, 5.41) is 4.39. The zero-order chi connectivity index (χ0) is 21.1. The highest BCUT2D eigenvalue weighted by Gasteiger charge is 2.34. The molecule has 1 aliphatic heterocycles. The fourth-order valence-corrected chi connectivity index (χ4v) is 3.38. The Labute approximate surface area is 173 Å². The van der Waals surface area contributed by atoms with E-state index in [9.17, 15) is 14.4 Å². The average molecular weight is 403 g/mol. The SMILES string of the molecule is Cc1ccc2c(c1)C(=O)N(CCCC(=O)OCc1ccn(-c3ccccc3)n1)C2=O. The number of ether oxygens (including phenoxy) is 1. The lowest BCUT2D eigenvalue weighted by molar-refractivity contribution is -0.145. The van der Waals surface area contributed by atoms with Crippen LogP contribution in [0, 0.1) is 6.92 Å². The largest absolute Gasteiger partial charge is 0.459 e. The van der Waals surface area contributed by atoms with Crippen molar-refractivity contribution in [3.05, 3.63) is 83.2 Å². The predicted octanol–water partition coefficient (Wildman–Crippen LogP) is 3.30. The first kappa shape index (κ1) is 19.6. The molecule has 0 saturated carbocycles. The van der Waals surface area contributed by atoms with E-state index in [1.165, 1.54) is 4.90 Å². The number of hydrogen-bond acceptors (Lipinski definition) is 5. The van der Waals surface area contributed by atoms with Crippen LogP contribution in [0.4, 0.5) is 0 Å². The molecule has 0 radical (unpaired) electrons. The smallest absolute Gasteiger partial charge is 0.306 e. The van der Waals surface area contributed by atoms with Gasteiger partial charge < -0.3 is 4.74 Å². The molecule has 1 aromatic heterocycles. The van der Waals surface area contributed by atoms with Crippen LogP contribution in [0.2, 0.25) is 0 Å². The molecule has 30 heavy (non-hydrogen) atoms. The normalized spacial score (nSPS) is 12.9. The number of aryl methyl sites for hydroxylation is 1. The molecule has 7 heteroatoms. The third-order valence-electron chi connectivity index (χ3n) is 4.93. The number of carbonyl (C=O) groups excluding carboxylic acids is 3. The van der Waals surface area contributed by atoms with Crippen molar-refractivity contribution in [3.63, 3.8) is 0 Å². The Kier molecular flexibility index (Phi) is 5.43. The van der Waals surface area contributed by atoms with E-state index >= 15 is 0 Å². The molecule has 0 atom stereocenters. The molecule has 7 nitrogen and oxygen atoms in total. The topological polar surface area (TPSA) is 81.5 Å². The standard InChI is InChI=1S/C23H21N3O4/c1-16-9-10-19-20(14-16)23(29)25(22(19)28)12-5-8-21(27)30-15-17-11-13-26(24-17)18-6-3-2-4-7-18/h2-4,6-7,9-11,13-14H,5,8,12,15H2,1H3. The molecular formula is C23H21N3O4. The van der Waals surface area contributed by atoms with E-state index in [4.69, 9.17) is 4.74 Å². The summed E-state index contributed by atoms with van der Waals surface area (Å²) in [6.07, 6.45) is 2.27. The number of benzene rings is 2. The highest BCUT2D eigenvalue weighted by molar-refractivity contribution is 6.21. The number of esters is 1. The fourth-order valence-electron chi connectivity index (χ4n) is 3.38. The van der Waals surface area contributed by atoms with Crippen LogP contribution in [-0.2, 0) is 16.1 Å². The Morgan fingerprint density at radius 2 is 1.77 bits per heavy atom. The van der Waals surface area contributed by atoms with Gasteiger partial charge in [-0.25, -0.2) is 4.68 Å². The second-order valence-electron chi connectivity index (χ2n) is 7.16. The third-order valence-corrected chi connectivity index (χ3v) is 4.93. The second-order valence-corrected chi connectivity index (χ2v) is 7.16. The predicted molar refractivity (Wildman–Crippen MR) is 109 cm³/mol. The zero-order valence-corrected chi connectivity index (χ0v) is 16.6. The molecule has 0 fully saturated rings. The summed E-state index contributed by atoms with van der Waals surface area (Å²) < 4.78 is 6.99. The Morgan fingerprint density at radius 1 is 1.00 bits per heavy atom.